The quantitative estimate of drug-likeness (QED) is 0.757. The second-order valence-electron chi connectivity index (χ2n) is 5.82. The summed E-state index contributed by atoms with van der Waals surface area (Å²) >= 11 is 6.08. The molecule has 7 nitrogen and oxygen atoms in total. The molecule has 0 unspecified atom stereocenters. The Bertz CT molecular complexity index is 828. The number of halogens is 1. The normalized spacial score (nSPS) is 16.5. The van der Waals surface area contributed by atoms with Gasteiger partial charge in [-0.05, 0) is 23.8 Å². The van der Waals surface area contributed by atoms with Crippen molar-refractivity contribution in [1.82, 2.24) is 20.5 Å². The van der Waals surface area contributed by atoms with Crippen molar-refractivity contribution in [3.05, 3.63) is 64.9 Å². The largest absolute Gasteiger partial charge is 0.350 e. The summed E-state index contributed by atoms with van der Waals surface area (Å²) in [5.74, 6) is -0.781. The van der Waals surface area contributed by atoms with E-state index in [0.717, 1.165) is 4.90 Å². The number of hydrogen-bond donors (Lipinski definition) is 2. The Balaban J connectivity index is 1.56. The third-order valence-corrected chi connectivity index (χ3v) is 4.34. The first-order valence-electron chi connectivity index (χ1n) is 8.06. The minimum absolute atomic E-state index is 0.0659. The van der Waals surface area contributed by atoms with Crippen molar-refractivity contribution >= 4 is 29.4 Å². The van der Waals surface area contributed by atoms with E-state index < -0.39 is 18.0 Å². The van der Waals surface area contributed by atoms with E-state index in [4.69, 9.17) is 11.6 Å². The molecule has 1 aliphatic rings. The molecule has 0 bridgehead atoms. The topological polar surface area (TPSA) is 91.4 Å². The summed E-state index contributed by atoms with van der Waals surface area (Å²) in [5.41, 5.74) is 1.38. The monoisotopic (exact) mass is 372 g/mol. The van der Waals surface area contributed by atoms with Crippen molar-refractivity contribution in [2.75, 3.05) is 0 Å². The smallest absolute Gasteiger partial charge is 0.325 e. The summed E-state index contributed by atoms with van der Waals surface area (Å²) in [4.78, 5) is 41.8. The fourth-order valence-corrected chi connectivity index (χ4v) is 2.81. The predicted octanol–water partition coefficient (Wildman–Crippen LogP) is 1.86. The molecule has 2 aromatic rings. The maximum atomic E-state index is 12.4. The van der Waals surface area contributed by atoms with E-state index in [9.17, 15) is 14.4 Å². The Morgan fingerprint density at radius 3 is 2.69 bits per heavy atom. The lowest BCUT2D eigenvalue weighted by atomic mass is 10.1. The number of carbonyl (C=O) groups is 3. The van der Waals surface area contributed by atoms with Gasteiger partial charge in [-0.1, -0.05) is 35.9 Å². The third-order valence-electron chi connectivity index (χ3n) is 3.98. The van der Waals surface area contributed by atoms with E-state index in [1.807, 2.05) is 6.07 Å². The molecule has 1 saturated heterocycles. The van der Waals surface area contributed by atoms with E-state index in [2.05, 4.69) is 15.6 Å². The van der Waals surface area contributed by atoms with Crippen LogP contribution >= 0.6 is 11.6 Å². The molecular formula is C18H17ClN4O3. The zero-order valence-corrected chi connectivity index (χ0v) is 14.6. The van der Waals surface area contributed by atoms with E-state index in [1.165, 1.54) is 0 Å². The van der Waals surface area contributed by atoms with Crippen molar-refractivity contribution in [2.45, 2.75) is 25.6 Å². The van der Waals surface area contributed by atoms with Gasteiger partial charge in [-0.3, -0.25) is 19.5 Å². The van der Waals surface area contributed by atoms with Crippen LogP contribution < -0.4 is 10.6 Å². The molecule has 2 heterocycles. The zero-order chi connectivity index (χ0) is 18.5. The molecule has 1 aromatic carbocycles. The van der Waals surface area contributed by atoms with E-state index >= 15 is 0 Å². The maximum Gasteiger partial charge on any atom is 0.325 e. The van der Waals surface area contributed by atoms with Crippen molar-refractivity contribution in [3.63, 3.8) is 0 Å². The van der Waals surface area contributed by atoms with Gasteiger partial charge in [0, 0.05) is 11.2 Å². The number of benzene rings is 1. The minimum Gasteiger partial charge on any atom is -0.350 e. The Morgan fingerprint density at radius 2 is 1.96 bits per heavy atom. The molecule has 0 radical (unpaired) electrons. The Labute approximate surface area is 155 Å². The molecule has 2 N–H and O–H groups in total. The van der Waals surface area contributed by atoms with Crippen molar-refractivity contribution in [3.8, 4) is 0 Å². The predicted molar refractivity (Wildman–Crippen MR) is 95.0 cm³/mol. The van der Waals surface area contributed by atoms with Crippen LogP contribution in [0.3, 0.4) is 0 Å². The Kier molecular flexibility index (Phi) is 5.48. The van der Waals surface area contributed by atoms with Gasteiger partial charge >= 0.3 is 6.03 Å². The van der Waals surface area contributed by atoms with Gasteiger partial charge in [-0.2, -0.15) is 0 Å². The van der Waals surface area contributed by atoms with Gasteiger partial charge in [0.2, 0.25) is 5.91 Å². The average Bonchev–Trinajstić information content (AvgIpc) is 2.90. The van der Waals surface area contributed by atoms with Crippen LogP contribution in [0.5, 0.6) is 0 Å². The lowest BCUT2D eigenvalue weighted by molar-refractivity contribution is -0.131. The highest BCUT2D eigenvalue weighted by atomic mass is 35.5. The first kappa shape index (κ1) is 17.9. The number of nitrogens with one attached hydrogen (secondary N) is 2. The van der Waals surface area contributed by atoms with Gasteiger partial charge in [0.05, 0.1) is 25.2 Å². The number of imide groups is 1. The summed E-state index contributed by atoms with van der Waals surface area (Å²) in [7, 11) is 0. The average molecular weight is 373 g/mol. The lowest BCUT2D eigenvalue weighted by Crippen LogP contribution is -2.36. The highest BCUT2D eigenvalue weighted by Crippen LogP contribution is 2.20. The van der Waals surface area contributed by atoms with Crippen LogP contribution in [0.2, 0.25) is 5.02 Å². The van der Waals surface area contributed by atoms with Crippen LogP contribution in [0.1, 0.15) is 17.7 Å². The Hall–Kier alpha value is -2.93. The molecule has 134 valence electrons. The van der Waals surface area contributed by atoms with Crippen LogP contribution in [-0.2, 0) is 22.7 Å². The summed E-state index contributed by atoms with van der Waals surface area (Å²) in [6.07, 6.45) is 1.51. The van der Waals surface area contributed by atoms with Crippen LogP contribution in [0.4, 0.5) is 4.79 Å². The lowest BCUT2D eigenvalue weighted by Gasteiger charge is -2.14. The van der Waals surface area contributed by atoms with Crippen LogP contribution in [0.25, 0.3) is 0 Å². The number of amides is 4. The van der Waals surface area contributed by atoms with Gasteiger partial charge < -0.3 is 10.6 Å². The van der Waals surface area contributed by atoms with E-state index in [1.54, 1.807) is 42.6 Å². The molecular weight excluding hydrogens is 356 g/mol. The minimum atomic E-state index is -0.881. The number of hydrogen-bond acceptors (Lipinski definition) is 4. The van der Waals surface area contributed by atoms with Crippen molar-refractivity contribution in [2.24, 2.45) is 0 Å². The van der Waals surface area contributed by atoms with Crippen LogP contribution in [0, 0.1) is 0 Å². The molecule has 1 fully saturated rings. The molecule has 4 amide bonds. The van der Waals surface area contributed by atoms with Gasteiger partial charge in [-0.25, -0.2) is 4.79 Å². The van der Waals surface area contributed by atoms with Crippen molar-refractivity contribution in [1.29, 1.82) is 0 Å². The van der Waals surface area contributed by atoms with Gasteiger partial charge in [0.1, 0.15) is 6.04 Å². The molecule has 3 rings (SSSR count). The number of carbonyl (C=O) groups excluding carboxylic acids is 3. The van der Waals surface area contributed by atoms with Crippen molar-refractivity contribution < 1.29 is 14.4 Å². The van der Waals surface area contributed by atoms with Gasteiger partial charge in [-0.15, -0.1) is 0 Å². The standard InChI is InChI=1S/C18H17ClN4O3/c19-14-7-2-1-5-12(14)11-23-17(25)15(22-18(23)26)9-16(24)21-10-13-6-3-4-8-20-13/h1-8,15H,9-11H2,(H,21,24)(H,22,26)/t15-/m1/s1. The maximum absolute atomic E-state index is 12.4. The number of urea groups is 1. The molecule has 8 heteroatoms. The number of pyridine rings is 1. The molecule has 1 aromatic heterocycles. The summed E-state index contributed by atoms with van der Waals surface area (Å²) in [5, 5.41) is 5.71. The first-order chi connectivity index (χ1) is 12.5. The highest BCUT2D eigenvalue weighted by Gasteiger charge is 2.39. The number of nitrogens with zero attached hydrogens (tertiary/aromatic N) is 2. The van der Waals surface area contributed by atoms with E-state index in [-0.39, 0.29) is 25.4 Å². The number of rotatable bonds is 6. The van der Waals surface area contributed by atoms with Gasteiger partial charge in [0.15, 0.2) is 0 Å². The Morgan fingerprint density at radius 1 is 1.19 bits per heavy atom. The zero-order valence-electron chi connectivity index (χ0n) is 13.8. The SMILES string of the molecule is O=C(C[C@H]1NC(=O)N(Cc2ccccc2Cl)C1=O)NCc1ccccn1. The molecule has 0 spiro atoms. The summed E-state index contributed by atoms with van der Waals surface area (Å²) < 4.78 is 0. The fraction of sp³-hybridized carbons (Fsp3) is 0.222. The van der Waals surface area contributed by atoms with Crippen LogP contribution in [-0.4, -0.2) is 33.8 Å². The van der Waals surface area contributed by atoms with Crippen LogP contribution in [0.15, 0.2) is 48.7 Å². The molecule has 0 saturated carbocycles. The molecule has 0 aliphatic carbocycles. The summed E-state index contributed by atoms with van der Waals surface area (Å²) in [6, 6.07) is 11.0. The molecule has 1 atom stereocenters. The fourth-order valence-electron chi connectivity index (χ4n) is 2.61. The third kappa shape index (κ3) is 4.18. The first-order valence-corrected chi connectivity index (χ1v) is 8.44. The van der Waals surface area contributed by atoms with Gasteiger partial charge in [0.25, 0.3) is 5.91 Å². The highest BCUT2D eigenvalue weighted by molar-refractivity contribution is 6.31. The molecule has 1 aliphatic heterocycles. The number of aromatic nitrogens is 1. The molecule has 26 heavy (non-hydrogen) atoms. The second-order valence-corrected chi connectivity index (χ2v) is 6.23. The van der Waals surface area contributed by atoms with E-state index in [0.29, 0.717) is 16.3 Å². The summed E-state index contributed by atoms with van der Waals surface area (Å²) in [6.45, 7) is 0.328. The second kappa shape index (κ2) is 7.97.